The van der Waals surface area contributed by atoms with E-state index in [1.54, 1.807) is 6.20 Å². The summed E-state index contributed by atoms with van der Waals surface area (Å²) in [6.07, 6.45) is 3.57. The van der Waals surface area contributed by atoms with Crippen molar-refractivity contribution in [3.05, 3.63) is 17.6 Å². The van der Waals surface area contributed by atoms with E-state index < -0.39 is 0 Å². The molecule has 1 aliphatic heterocycles. The molecule has 5 nitrogen and oxygen atoms in total. The van der Waals surface area contributed by atoms with Gasteiger partial charge in [-0.15, -0.1) is 0 Å². The summed E-state index contributed by atoms with van der Waals surface area (Å²) in [6.45, 7) is 4.55. The molecule has 16 heavy (non-hydrogen) atoms. The van der Waals surface area contributed by atoms with Crippen molar-refractivity contribution in [1.29, 1.82) is 0 Å². The van der Waals surface area contributed by atoms with E-state index in [9.17, 15) is 4.79 Å². The Bertz CT molecular complexity index is 405. The fourth-order valence-electron chi connectivity index (χ4n) is 1.75. The van der Waals surface area contributed by atoms with Crippen LogP contribution in [0.15, 0.2) is 6.20 Å². The van der Waals surface area contributed by atoms with Crippen LogP contribution < -0.4 is 10.6 Å². The largest absolute Gasteiger partial charge is 0.357 e. The molecule has 1 saturated heterocycles. The van der Waals surface area contributed by atoms with Gasteiger partial charge in [0.1, 0.15) is 11.9 Å². The highest BCUT2D eigenvalue weighted by molar-refractivity contribution is 5.85. The van der Waals surface area contributed by atoms with Crippen LogP contribution in [-0.2, 0) is 4.79 Å². The molecule has 1 aromatic rings. The number of anilines is 1. The molecular weight excluding hydrogens is 204 g/mol. The quantitative estimate of drug-likeness (QED) is 0.773. The van der Waals surface area contributed by atoms with Crippen molar-refractivity contribution in [3.63, 3.8) is 0 Å². The van der Waals surface area contributed by atoms with Gasteiger partial charge >= 0.3 is 0 Å². The van der Waals surface area contributed by atoms with Gasteiger partial charge in [0.15, 0.2) is 0 Å². The third-order valence-corrected chi connectivity index (χ3v) is 2.67. The van der Waals surface area contributed by atoms with Crippen molar-refractivity contribution >= 4 is 11.7 Å². The Balaban J connectivity index is 2.13. The van der Waals surface area contributed by atoms with Gasteiger partial charge in [0, 0.05) is 12.7 Å². The number of nitrogens with one attached hydrogen (secondary N) is 2. The van der Waals surface area contributed by atoms with Crippen LogP contribution in [-0.4, -0.2) is 28.5 Å². The summed E-state index contributed by atoms with van der Waals surface area (Å²) in [5.74, 6) is 0.760. The lowest BCUT2D eigenvalue weighted by molar-refractivity contribution is -0.123. The summed E-state index contributed by atoms with van der Waals surface area (Å²) in [7, 11) is 0. The first-order valence-corrected chi connectivity index (χ1v) is 5.51. The van der Waals surface area contributed by atoms with Crippen LogP contribution in [0, 0.1) is 13.8 Å². The van der Waals surface area contributed by atoms with E-state index in [-0.39, 0.29) is 11.9 Å². The van der Waals surface area contributed by atoms with Crippen molar-refractivity contribution < 1.29 is 4.79 Å². The SMILES string of the molecule is Cc1cnc(C)c(NC2CCCNC2=O)n1. The smallest absolute Gasteiger partial charge is 0.242 e. The second-order valence-electron chi connectivity index (χ2n) is 4.08. The lowest BCUT2D eigenvalue weighted by Gasteiger charge is -2.23. The van der Waals surface area contributed by atoms with Gasteiger partial charge in [-0.25, -0.2) is 4.98 Å². The lowest BCUT2D eigenvalue weighted by atomic mass is 10.1. The summed E-state index contributed by atoms with van der Waals surface area (Å²) < 4.78 is 0. The van der Waals surface area contributed by atoms with Crippen LogP contribution in [0.5, 0.6) is 0 Å². The van der Waals surface area contributed by atoms with Gasteiger partial charge in [-0.2, -0.15) is 0 Å². The zero-order valence-electron chi connectivity index (χ0n) is 9.58. The molecule has 0 aromatic carbocycles. The first kappa shape index (κ1) is 10.9. The summed E-state index contributed by atoms with van der Waals surface area (Å²) in [5, 5.41) is 5.99. The van der Waals surface area contributed by atoms with Crippen LogP contribution in [0.2, 0.25) is 0 Å². The van der Waals surface area contributed by atoms with Crippen LogP contribution in [0.25, 0.3) is 0 Å². The molecule has 1 fully saturated rings. The molecule has 1 unspecified atom stereocenters. The first-order chi connectivity index (χ1) is 7.66. The highest BCUT2D eigenvalue weighted by atomic mass is 16.2. The molecule has 1 aliphatic rings. The maximum absolute atomic E-state index is 11.6. The Morgan fingerprint density at radius 1 is 1.50 bits per heavy atom. The number of carbonyl (C=O) groups excluding carboxylic acids is 1. The molecule has 2 rings (SSSR count). The highest BCUT2D eigenvalue weighted by Crippen LogP contribution is 2.14. The number of hydrogen-bond donors (Lipinski definition) is 2. The first-order valence-electron chi connectivity index (χ1n) is 5.51. The van der Waals surface area contributed by atoms with Gasteiger partial charge in [0.2, 0.25) is 5.91 Å². The number of aryl methyl sites for hydroxylation is 2. The third-order valence-electron chi connectivity index (χ3n) is 2.67. The molecule has 2 N–H and O–H groups in total. The van der Waals surface area contributed by atoms with E-state index in [2.05, 4.69) is 20.6 Å². The maximum atomic E-state index is 11.6. The molecular formula is C11H16N4O. The average molecular weight is 220 g/mol. The minimum Gasteiger partial charge on any atom is -0.357 e. The Hall–Kier alpha value is -1.65. The number of carbonyl (C=O) groups is 1. The number of piperidine rings is 1. The van der Waals surface area contributed by atoms with E-state index in [1.807, 2.05) is 13.8 Å². The summed E-state index contributed by atoms with van der Waals surface area (Å²) in [6, 6.07) is -0.177. The summed E-state index contributed by atoms with van der Waals surface area (Å²) >= 11 is 0. The number of aromatic nitrogens is 2. The Morgan fingerprint density at radius 2 is 2.31 bits per heavy atom. The van der Waals surface area contributed by atoms with Gasteiger partial charge < -0.3 is 10.6 Å². The molecule has 1 atom stereocenters. The monoisotopic (exact) mass is 220 g/mol. The van der Waals surface area contributed by atoms with E-state index in [1.165, 1.54) is 0 Å². The molecule has 5 heteroatoms. The van der Waals surface area contributed by atoms with E-state index in [4.69, 9.17) is 0 Å². The fraction of sp³-hybridized carbons (Fsp3) is 0.545. The zero-order chi connectivity index (χ0) is 11.5. The lowest BCUT2D eigenvalue weighted by Crippen LogP contribution is -2.44. The molecule has 0 saturated carbocycles. The van der Waals surface area contributed by atoms with Crippen LogP contribution in [0.3, 0.4) is 0 Å². The van der Waals surface area contributed by atoms with Crippen molar-refractivity contribution in [2.75, 3.05) is 11.9 Å². The maximum Gasteiger partial charge on any atom is 0.242 e. The minimum absolute atomic E-state index is 0.0500. The molecule has 86 valence electrons. The second-order valence-corrected chi connectivity index (χ2v) is 4.08. The Labute approximate surface area is 94.7 Å². The fourth-order valence-corrected chi connectivity index (χ4v) is 1.75. The zero-order valence-corrected chi connectivity index (χ0v) is 9.58. The van der Waals surface area contributed by atoms with Crippen LogP contribution in [0.4, 0.5) is 5.82 Å². The summed E-state index contributed by atoms with van der Waals surface area (Å²) in [4.78, 5) is 20.1. The normalized spacial score (nSPS) is 20.4. The minimum atomic E-state index is -0.177. The predicted octanol–water partition coefficient (Wildman–Crippen LogP) is 0.784. The van der Waals surface area contributed by atoms with E-state index in [0.29, 0.717) is 5.82 Å². The molecule has 1 aromatic heterocycles. The van der Waals surface area contributed by atoms with Gasteiger partial charge in [-0.1, -0.05) is 0 Å². The molecule has 0 spiro atoms. The molecule has 0 aliphatic carbocycles. The summed E-state index contributed by atoms with van der Waals surface area (Å²) in [5.41, 5.74) is 1.67. The van der Waals surface area contributed by atoms with Gasteiger partial charge in [0.05, 0.1) is 11.4 Å². The molecule has 2 heterocycles. The van der Waals surface area contributed by atoms with E-state index in [0.717, 1.165) is 30.8 Å². The topological polar surface area (TPSA) is 66.9 Å². The van der Waals surface area contributed by atoms with Gasteiger partial charge in [0.25, 0.3) is 0 Å². The van der Waals surface area contributed by atoms with Gasteiger partial charge in [-0.3, -0.25) is 9.78 Å². The Morgan fingerprint density at radius 3 is 3.06 bits per heavy atom. The van der Waals surface area contributed by atoms with Crippen molar-refractivity contribution in [1.82, 2.24) is 15.3 Å². The van der Waals surface area contributed by atoms with E-state index >= 15 is 0 Å². The number of nitrogens with zero attached hydrogens (tertiary/aromatic N) is 2. The second kappa shape index (κ2) is 4.47. The molecule has 1 amide bonds. The van der Waals surface area contributed by atoms with Crippen LogP contribution in [0.1, 0.15) is 24.2 Å². The highest BCUT2D eigenvalue weighted by Gasteiger charge is 2.22. The van der Waals surface area contributed by atoms with Crippen LogP contribution >= 0.6 is 0 Å². The predicted molar refractivity (Wildman–Crippen MR) is 61.2 cm³/mol. The number of hydrogen-bond acceptors (Lipinski definition) is 4. The number of rotatable bonds is 2. The average Bonchev–Trinajstić information content (AvgIpc) is 2.27. The number of amides is 1. The molecule has 0 radical (unpaired) electrons. The van der Waals surface area contributed by atoms with Crippen molar-refractivity contribution in [2.24, 2.45) is 0 Å². The standard InChI is InChI=1S/C11H16N4O/c1-7-6-13-8(2)10(14-7)15-9-4-3-5-12-11(9)16/h6,9H,3-5H2,1-2H3,(H,12,16)(H,14,15). The Kier molecular flexibility index (Phi) is 3.03. The third kappa shape index (κ3) is 2.29. The van der Waals surface area contributed by atoms with Gasteiger partial charge in [-0.05, 0) is 26.7 Å². The molecule has 0 bridgehead atoms. The van der Waals surface area contributed by atoms with Crippen molar-refractivity contribution in [3.8, 4) is 0 Å². The van der Waals surface area contributed by atoms with Crippen molar-refractivity contribution in [2.45, 2.75) is 32.7 Å².